The van der Waals surface area contributed by atoms with Crippen molar-refractivity contribution in [2.75, 3.05) is 31.1 Å². The van der Waals surface area contributed by atoms with Crippen LogP contribution >= 0.6 is 34.5 Å². The minimum Gasteiger partial charge on any atom is -0.368 e. The van der Waals surface area contributed by atoms with Gasteiger partial charge >= 0.3 is 0 Å². The van der Waals surface area contributed by atoms with E-state index in [1.54, 1.807) is 11.3 Å². The van der Waals surface area contributed by atoms with E-state index in [4.69, 9.17) is 23.2 Å². The number of amides is 1. The second-order valence-corrected chi connectivity index (χ2v) is 10.6. The number of hydrogen-bond donors (Lipinski definition) is 1. The number of carbonyl (C=O) groups excluding carboxylic acids is 1. The van der Waals surface area contributed by atoms with E-state index in [0.29, 0.717) is 16.1 Å². The van der Waals surface area contributed by atoms with Crippen LogP contribution in [0.15, 0.2) is 48.5 Å². The van der Waals surface area contributed by atoms with Crippen LogP contribution in [0.3, 0.4) is 0 Å². The Kier molecular flexibility index (Phi) is 6.61. The van der Waals surface area contributed by atoms with Gasteiger partial charge in [0.15, 0.2) is 0 Å². The molecule has 1 aliphatic heterocycles. The molecule has 3 aromatic rings. The SMILES string of the molecule is O=C(NC1CCC(N2CCN(c3cccc(Cl)c3Cl)CC2)CC1)c1cc2ccccc2s1. The first kappa shape index (κ1) is 22.0. The highest BCUT2D eigenvalue weighted by molar-refractivity contribution is 7.20. The van der Waals surface area contributed by atoms with Gasteiger partial charge in [0.25, 0.3) is 5.91 Å². The monoisotopic (exact) mass is 487 g/mol. The van der Waals surface area contributed by atoms with E-state index in [0.717, 1.165) is 67.8 Å². The summed E-state index contributed by atoms with van der Waals surface area (Å²) in [6.45, 7) is 3.99. The Morgan fingerprint density at radius 1 is 0.938 bits per heavy atom. The number of halogens is 2. The number of nitrogens with zero attached hydrogens (tertiary/aromatic N) is 2. The fraction of sp³-hybridized carbons (Fsp3) is 0.400. The molecule has 0 bridgehead atoms. The number of carbonyl (C=O) groups is 1. The van der Waals surface area contributed by atoms with Crippen LogP contribution in [0.4, 0.5) is 5.69 Å². The molecule has 1 saturated heterocycles. The third-order valence-electron chi connectivity index (χ3n) is 6.78. The maximum atomic E-state index is 12.8. The summed E-state index contributed by atoms with van der Waals surface area (Å²) in [5.74, 6) is 0.0710. The molecule has 1 aromatic heterocycles. The highest BCUT2D eigenvalue weighted by Crippen LogP contribution is 2.34. The predicted octanol–water partition coefficient (Wildman–Crippen LogP) is 6.07. The average molecular weight is 488 g/mol. The molecule has 1 N–H and O–H groups in total. The molecular weight excluding hydrogens is 461 g/mol. The van der Waals surface area contributed by atoms with Gasteiger partial charge in [0.1, 0.15) is 0 Å². The van der Waals surface area contributed by atoms with Gasteiger partial charge in [-0.25, -0.2) is 0 Å². The number of rotatable bonds is 4. The highest BCUT2D eigenvalue weighted by atomic mass is 35.5. The van der Waals surface area contributed by atoms with Crippen LogP contribution in [0.2, 0.25) is 10.0 Å². The zero-order valence-corrected chi connectivity index (χ0v) is 20.2. The summed E-state index contributed by atoms with van der Waals surface area (Å²) in [4.78, 5) is 18.5. The molecule has 1 amide bonds. The topological polar surface area (TPSA) is 35.6 Å². The highest BCUT2D eigenvalue weighted by Gasteiger charge is 2.29. The second kappa shape index (κ2) is 9.60. The number of thiophene rings is 1. The summed E-state index contributed by atoms with van der Waals surface area (Å²) < 4.78 is 1.17. The van der Waals surface area contributed by atoms with E-state index in [-0.39, 0.29) is 11.9 Å². The minimum absolute atomic E-state index is 0.0710. The Morgan fingerprint density at radius 2 is 1.69 bits per heavy atom. The van der Waals surface area contributed by atoms with E-state index in [2.05, 4.69) is 27.2 Å². The summed E-state index contributed by atoms with van der Waals surface area (Å²) in [5.41, 5.74) is 1.03. The molecule has 7 heteroatoms. The first-order valence-electron chi connectivity index (χ1n) is 11.3. The van der Waals surface area contributed by atoms with Gasteiger partial charge < -0.3 is 10.2 Å². The van der Waals surface area contributed by atoms with E-state index in [1.807, 2.05) is 36.4 Å². The molecule has 0 unspecified atom stereocenters. The molecule has 2 aliphatic rings. The number of fused-ring (bicyclic) bond motifs is 1. The van der Waals surface area contributed by atoms with Gasteiger partial charge in [0, 0.05) is 43.0 Å². The van der Waals surface area contributed by atoms with Gasteiger partial charge in [-0.1, -0.05) is 47.5 Å². The van der Waals surface area contributed by atoms with Crippen LogP contribution in [0.25, 0.3) is 10.1 Å². The van der Waals surface area contributed by atoms with Gasteiger partial charge in [0.05, 0.1) is 20.6 Å². The quantitative estimate of drug-likeness (QED) is 0.484. The number of nitrogens with one attached hydrogen (secondary N) is 1. The summed E-state index contributed by atoms with van der Waals surface area (Å²) in [5, 5.41) is 5.68. The first-order valence-corrected chi connectivity index (χ1v) is 12.9. The van der Waals surface area contributed by atoms with Crippen molar-refractivity contribution in [3.63, 3.8) is 0 Å². The number of hydrogen-bond acceptors (Lipinski definition) is 4. The molecule has 1 aliphatic carbocycles. The van der Waals surface area contributed by atoms with E-state index < -0.39 is 0 Å². The summed E-state index contributed by atoms with van der Waals surface area (Å²) >= 11 is 14.2. The Labute approximate surface area is 203 Å². The standard InChI is InChI=1S/C25H27Cl2N3OS/c26-20-5-3-6-21(24(20)27)30-14-12-29(13-15-30)19-10-8-18(9-11-19)28-25(31)23-16-17-4-1-2-7-22(17)32-23/h1-7,16,18-19H,8-15H2,(H,28,31). The Balaban J connectivity index is 1.11. The van der Waals surface area contributed by atoms with Crippen molar-refractivity contribution in [3.8, 4) is 0 Å². The van der Waals surface area contributed by atoms with Crippen LogP contribution in [0.5, 0.6) is 0 Å². The molecule has 2 fully saturated rings. The number of piperazine rings is 1. The molecule has 32 heavy (non-hydrogen) atoms. The largest absolute Gasteiger partial charge is 0.368 e. The van der Waals surface area contributed by atoms with Crippen LogP contribution in [-0.4, -0.2) is 49.1 Å². The summed E-state index contributed by atoms with van der Waals surface area (Å²) in [7, 11) is 0. The molecule has 2 aromatic carbocycles. The molecule has 5 rings (SSSR count). The van der Waals surface area contributed by atoms with Gasteiger partial charge in [-0.05, 0) is 55.3 Å². The molecule has 2 heterocycles. The normalized spacial score (nSPS) is 22.2. The van der Waals surface area contributed by atoms with Crippen LogP contribution in [0.1, 0.15) is 35.4 Å². The average Bonchev–Trinajstić information content (AvgIpc) is 3.26. The van der Waals surface area contributed by atoms with Crippen molar-refractivity contribution in [3.05, 3.63) is 63.5 Å². The maximum absolute atomic E-state index is 12.8. The van der Waals surface area contributed by atoms with E-state index >= 15 is 0 Å². The Bertz CT molecular complexity index is 1070. The molecule has 168 valence electrons. The van der Waals surface area contributed by atoms with Crippen LogP contribution in [0, 0.1) is 0 Å². The number of benzene rings is 2. The second-order valence-electron chi connectivity index (χ2n) is 8.72. The van der Waals surface area contributed by atoms with Gasteiger partial charge in [0.2, 0.25) is 0 Å². The molecule has 1 saturated carbocycles. The van der Waals surface area contributed by atoms with E-state index in [9.17, 15) is 4.79 Å². The number of anilines is 1. The van der Waals surface area contributed by atoms with Gasteiger partial charge in [-0.3, -0.25) is 9.69 Å². The third-order valence-corrected chi connectivity index (χ3v) is 8.71. The fourth-order valence-corrected chi connectivity index (χ4v) is 6.38. The van der Waals surface area contributed by atoms with Crippen molar-refractivity contribution < 1.29 is 4.79 Å². The summed E-state index contributed by atoms with van der Waals surface area (Å²) in [6.07, 6.45) is 4.36. The summed E-state index contributed by atoms with van der Waals surface area (Å²) in [6, 6.07) is 16.9. The lowest BCUT2D eigenvalue weighted by Gasteiger charge is -2.43. The lowest BCUT2D eigenvalue weighted by molar-refractivity contribution is 0.0903. The van der Waals surface area contributed by atoms with Crippen molar-refractivity contribution in [1.29, 1.82) is 0 Å². The zero-order chi connectivity index (χ0) is 22.1. The molecular formula is C25H27Cl2N3OS. The fourth-order valence-electron chi connectivity index (χ4n) is 5.00. The minimum atomic E-state index is 0.0710. The van der Waals surface area contributed by atoms with Crippen LogP contribution in [-0.2, 0) is 0 Å². The van der Waals surface area contributed by atoms with Crippen molar-refractivity contribution in [2.45, 2.75) is 37.8 Å². The molecule has 0 radical (unpaired) electrons. The van der Waals surface area contributed by atoms with E-state index in [1.165, 1.54) is 4.70 Å². The molecule has 0 atom stereocenters. The predicted molar refractivity (Wildman–Crippen MR) is 136 cm³/mol. The van der Waals surface area contributed by atoms with Crippen molar-refractivity contribution in [1.82, 2.24) is 10.2 Å². The van der Waals surface area contributed by atoms with Gasteiger partial charge in [-0.2, -0.15) is 0 Å². The molecule has 4 nitrogen and oxygen atoms in total. The lowest BCUT2D eigenvalue weighted by Crippen LogP contribution is -2.52. The molecule has 0 spiro atoms. The Hall–Kier alpha value is -1.79. The van der Waals surface area contributed by atoms with Crippen molar-refractivity contribution in [2.24, 2.45) is 0 Å². The van der Waals surface area contributed by atoms with Crippen molar-refractivity contribution >= 4 is 56.2 Å². The van der Waals surface area contributed by atoms with Crippen LogP contribution < -0.4 is 10.2 Å². The Morgan fingerprint density at radius 3 is 2.44 bits per heavy atom. The lowest BCUT2D eigenvalue weighted by atomic mass is 9.89. The maximum Gasteiger partial charge on any atom is 0.261 e. The third kappa shape index (κ3) is 4.62. The first-order chi connectivity index (χ1) is 15.6. The zero-order valence-electron chi connectivity index (χ0n) is 17.9. The smallest absolute Gasteiger partial charge is 0.261 e. The van der Waals surface area contributed by atoms with Gasteiger partial charge in [-0.15, -0.1) is 11.3 Å².